The van der Waals surface area contributed by atoms with Crippen molar-refractivity contribution in [3.05, 3.63) is 59.2 Å². The van der Waals surface area contributed by atoms with Crippen LogP contribution in [-0.2, 0) is 16.0 Å². The van der Waals surface area contributed by atoms with Gasteiger partial charge in [0.1, 0.15) is 17.7 Å². The molecule has 0 radical (unpaired) electrons. The van der Waals surface area contributed by atoms with Crippen LogP contribution in [0.5, 0.6) is 5.88 Å². The number of halogens is 1. The summed E-state index contributed by atoms with van der Waals surface area (Å²) in [6.07, 6.45) is 7.97. The van der Waals surface area contributed by atoms with Gasteiger partial charge >= 0.3 is 0 Å². The highest BCUT2D eigenvalue weighted by Crippen LogP contribution is 2.36. The van der Waals surface area contributed by atoms with Gasteiger partial charge < -0.3 is 28.8 Å². The van der Waals surface area contributed by atoms with E-state index in [-0.39, 0.29) is 30.7 Å². The van der Waals surface area contributed by atoms with Crippen LogP contribution in [0.2, 0.25) is 0 Å². The van der Waals surface area contributed by atoms with Crippen LogP contribution in [0.3, 0.4) is 0 Å². The lowest BCUT2D eigenvalue weighted by Crippen LogP contribution is -2.56. The summed E-state index contributed by atoms with van der Waals surface area (Å²) in [4.78, 5) is 27.1. The molecule has 1 saturated carbocycles. The molecule has 2 fully saturated rings. The summed E-state index contributed by atoms with van der Waals surface area (Å²) in [5.41, 5.74) is 2.67. The predicted octanol–water partition coefficient (Wildman–Crippen LogP) is 5.64. The number of carbonyl (C=O) groups excluding carboxylic acids is 1. The SMILES string of the molecule is CCN1c2nc(-c3ccc(OC4CCCCC4)nc3C)n(Cc3ccc(F)cc3)c2C(=O)N(CCCOC2CCCCO2)C1O. The molecule has 2 unspecified atom stereocenters. The molecule has 4 heterocycles. The van der Waals surface area contributed by atoms with Crippen LogP contribution in [0.15, 0.2) is 36.4 Å². The van der Waals surface area contributed by atoms with Gasteiger partial charge in [-0.3, -0.25) is 9.69 Å². The molecule has 45 heavy (non-hydrogen) atoms. The second-order valence-electron chi connectivity index (χ2n) is 12.1. The van der Waals surface area contributed by atoms with Gasteiger partial charge in [0.15, 0.2) is 17.8 Å². The van der Waals surface area contributed by atoms with Crippen LogP contribution in [0, 0.1) is 12.7 Å². The maximum Gasteiger partial charge on any atom is 0.277 e. The number of pyridine rings is 1. The topological polar surface area (TPSA) is 102 Å². The molecule has 1 N–H and O–H groups in total. The standard InChI is InChI=1S/C34H44FN5O5/c1-3-38-32-30(33(41)39(34(38)42)19-9-21-44-29-12-7-8-20-43-29)40(22-24-13-15-25(35)16-14-24)31(37-32)27-17-18-28(36-23(27)2)45-26-10-5-4-6-11-26/h13-18,26,29,34,42H,3-12,19-22H2,1-2H3. The normalized spacial score (nSPS) is 20.8. The molecular formula is C34H44FN5O5. The van der Waals surface area contributed by atoms with Crippen LogP contribution < -0.4 is 9.64 Å². The number of amides is 1. The Balaban J connectivity index is 1.31. The number of aliphatic hydroxyl groups excluding tert-OH is 1. The maximum atomic E-state index is 14.2. The molecule has 0 bridgehead atoms. The van der Waals surface area contributed by atoms with E-state index in [0.29, 0.717) is 55.9 Å². The Morgan fingerprint density at radius 2 is 1.78 bits per heavy atom. The van der Waals surface area contributed by atoms with Gasteiger partial charge in [0, 0.05) is 37.9 Å². The highest BCUT2D eigenvalue weighted by atomic mass is 19.1. The minimum atomic E-state index is -1.17. The van der Waals surface area contributed by atoms with Gasteiger partial charge in [-0.05, 0) is 89.0 Å². The lowest BCUT2D eigenvalue weighted by molar-refractivity contribution is -0.163. The van der Waals surface area contributed by atoms with Crippen molar-refractivity contribution in [2.24, 2.45) is 0 Å². The van der Waals surface area contributed by atoms with Crippen LogP contribution >= 0.6 is 0 Å². The second kappa shape index (κ2) is 14.3. The summed E-state index contributed by atoms with van der Waals surface area (Å²) in [6, 6.07) is 10.0. The smallest absolute Gasteiger partial charge is 0.277 e. The number of aromatic nitrogens is 3. The fraction of sp³-hybridized carbons (Fsp3) is 0.559. The minimum absolute atomic E-state index is 0.174. The van der Waals surface area contributed by atoms with Gasteiger partial charge in [0.25, 0.3) is 5.91 Å². The molecule has 11 heteroatoms. The van der Waals surface area contributed by atoms with Crippen LogP contribution in [-0.4, -0.2) is 75.5 Å². The van der Waals surface area contributed by atoms with E-state index >= 15 is 0 Å². The van der Waals surface area contributed by atoms with Gasteiger partial charge in [0.2, 0.25) is 12.2 Å². The molecule has 6 rings (SSSR count). The number of fused-ring (bicyclic) bond motifs is 1. The number of hydrogen-bond donors (Lipinski definition) is 1. The first-order chi connectivity index (χ1) is 21.9. The number of carbonyl (C=O) groups is 1. The maximum absolute atomic E-state index is 14.2. The molecule has 2 atom stereocenters. The first-order valence-corrected chi connectivity index (χ1v) is 16.4. The van der Waals surface area contributed by atoms with Crippen molar-refractivity contribution in [1.82, 2.24) is 19.4 Å². The predicted molar refractivity (Wildman–Crippen MR) is 167 cm³/mol. The summed E-state index contributed by atoms with van der Waals surface area (Å²) >= 11 is 0. The first-order valence-electron chi connectivity index (χ1n) is 16.4. The largest absolute Gasteiger partial charge is 0.474 e. The Hall–Kier alpha value is -3.54. The summed E-state index contributed by atoms with van der Waals surface area (Å²) in [6.45, 7) is 5.97. The van der Waals surface area contributed by atoms with Crippen molar-refractivity contribution in [3.8, 4) is 17.3 Å². The third kappa shape index (κ3) is 7.00. The number of aryl methyl sites for hydroxylation is 1. The van der Waals surface area contributed by atoms with E-state index in [0.717, 1.165) is 48.9 Å². The van der Waals surface area contributed by atoms with E-state index in [1.807, 2.05) is 30.5 Å². The number of hydrogen-bond acceptors (Lipinski definition) is 8. The molecular weight excluding hydrogens is 577 g/mol. The van der Waals surface area contributed by atoms with Gasteiger partial charge in [-0.1, -0.05) is 18.6 Å². The summed E-state index contributed by atoms with van der Waals surface area (Å²) in [5.74, 6) is 0.899. The molecule has 1 amide bonds. The van der Waals surface area contributed by atoms with Crippen molar-refractivity contribution in [1.29, 1.82) is 0 Å². The highest BCUT2D eigenvalue weighted by molar-refractivity contribution is 6.00. The molecule has 10 nitrogen and oxygen atoms in total. The van der Waals surface area contributed by atoms with Crippen LogP contribution in [0.1, 0.15) is 86.5 Å². The Labute approximate surface area is 264 Å². The molecule has 1 aromatic carbocycles. The number of imidazole rings is 1. The van der Waals surface area contributed by atoms with Gasteiger partial charge in [-0.25, -0.2) is 14.4 Å². The highest BCUT2D eigenvalue weighted by Gasteiger charge is 2.41. The van der Waals surface area contributed by atoms with E-state index in [9.17, 15) is 14.3 Å². The van der Waals surface area contributed by atoms with Gasteiger partial charge in [-0.2, -0.15) is 0 Å². The third-order valence-corrected chi connectivity index (χ3v) is 8.96. The minimum Gasteiger partial charge on any atom is -0.474 e. The summed E-state index contributed by atoms with van der Waals surface area (Å²) in [5, 5.41) is 11.4. The lowest BCUT2D eigenvalue weighted by Gasteiger charge is -2.40. The van der Waals surface area contributed by atoms with Crippen molar-refractivity contribution in [2.45, 2.75) is 96.9 Å². The average Bonchev–Trinajstić information content (AvgIpc) is 3.41. The zero-order chi connectivity index (χ0) is 31.3. The van der Waals surface area contributed by atoms with Crippen molar-refractivity contribution in [3.63, 3.8) is 0 Å². The second-order valence-corrected chi connectivity index (χ2v) is 12.1. The van der Waals surface area contributed by atoms with Gasteiger partial charge in [0.05, 0.1) is 12.3 Å². The van der Waals surface area contributed by atoms with E-state index in [2.05, 4.69) is 0 Å². The van der Waals surface area contributed by atoms with Gasteiger partial charge in [-0.15, -0.1) is 0 Å². The van der Waals surface area contributed by atoms with Crippen molar-refractivity contribution >= 4 is 11.7 Å². The van der Waals surface area contributed by atoms with E-state index in [1.165, 1.54) is 36.3 Å². The van der Waals surface area contributed by atoms with Crippen LogP contribution in [0.4, 0.5) is 10.2 Å². The zero-order valence-electron chi connectivity index (χ0n) is 26.3. The van der Waals surface area contributed by atoms with Crippen molar-refractivity contribution in [2.75, 3.05) is 31.2 Å². The Morgan fingerprint density at radius 1 is 1.00 bits per heavy atom. The number of anilines is 1. The molecule has 242 valence electrons. The summed E-state index contributed by atoms with van der Waals surface area (Å²) < 4.78 is 33.4. The Morgan fingerprint density at radius 3 is 2.49 bits per heavy atom. The number of rotatable bonds is 11. The summed E-state index contributed by atoms with van der Waals surface area (Å²) in [7, 11) is 0. The fourth-order valence-corrected chi connectivity index (χ4v) is 6.52. The van der Waals surface area contributed by atoms with E-state index in [1.54, 1.807) is 17.0 Å². The Bertz CT molecular complexity index is 1450. The molecule has 1 aliphatic carbocycles. The van der Waals surface area contributed by atoms with E-state index < -0.39 is 6.35 Å². The molecule has 2 aromatic heterocycles. The van der Waals surface area contributed by atoms with Crippen LogP contribution in [0.25, 0.3) is 11.4 Å². The molecule has 1 saturated heterocycles. The number of nitrogens with zero attached hydrogens (tertiary/aromatic N) is 5. The average molecular weight is 622 g/mol. The Kier molecular flexibility index (Phi) is 9.97. The zero-order valence-corrected chi connectivity index (χ0v) is 26.3. The molecule has 3 aromatic rings. The quantitative estimate of drug-likeness (QED) is 0.275. The molecule has 3 aliphatic rings. The fourth-order valence-electron chi connectivity index (χ4n) is 6.52. The molecule has 0 spiro atoms. The first kappa shape index (κ1) is 31.4. The lowest BCUT2D eigenvalue weighted by atomic mass is 9.98. The van der Waals surface area contributed by atoms with Crippen molar-refractivity contribution < 1.29 is 28.5 Å². The third-order valence-electron chi connectivity index (χ3n) is 8.96. The van der Waals surface area contributed by atoms with E-state index in [4.69, 9.17) is 24.2 Å². The number of aliphatic hydroxyl groups is 1. The number of ether oxygens (including phenoxy) is 3. The number of benzene rings is 1. The molecule has 2 aliphatic heterocycles. The monoisotopic (exact) mass is 621 g/mol.